The van der Waals surface area contributed by atoms with Gasteiger partial charge < -0.3 is 25.6 Å². The summed E-state index contributed by atoms with van der Waals surface area (Å²) >= 11 is 5.87. The normalized spacial score (nSPS) is 14.3. The molecule has 0 radical (unpaired) electrons. The minimum absolute atomic E-state index is 0.0834. The summed E-state index contributed by atoms with van der Waals surface area (Å²) in [5.41, 5.74) is 1.96. The third-order valence-corrected chi connectivity index (χ3v) is 4.46. The topological polar surface area (TPSA) is 90.8 Å². The quantitative estimate of drug-likeness (QED) is 0.440. The summed E-state index contributed by atoms with van der Waals surface area (Å²) in [6.45, 7) is 0.956. The highest BCUT2D eigenvalue weighted by atomic mass is 35.5. The van der Waals surface area contributed by atoms with Gasteiger partial charge in [-0.3, -0.25) is 4.79 Å². The van der Waals surface area contributed by atoms with Crippen molar-refractivity contribution < 1.29 is 19.7 Å². The summed E-state index contributed by atoms with van der Waals surface area (Å²) < 4.78 is 5.39. The van der Waals surface area contributed by atoms with E-state index >= 15 is 0 Å². The van der Waals surface area contributed by atoms with Gasteiger partial charge in [-0.15, -0.1) is 0 Å². The summed E-state index contributed by atoms with van der Waals surface area (Å²) in [5.74, 6) is -0.0975. The number of rotatable bonds is 7. The summed E-state index contributed by atoms with van der Waals surface area (Å²) in [4.78, 5) is 11.4. The van der Waals surface area contributed by atoms with E-state index in [1.54, 1.807) is 6.07 Å². The molecule has 2 aromatic carbocycles. The summed E-state index contributed by atoms with van der Waals surface area (Å²) in [5, 5.41) is 26.8. The number of hydrogen-bond acceptors (Lipinski definition) is 5. The van der Waals surface area contributed by atoms with Crippen molar-refractivity contribution in [3.8, 4) is 11.5 Å². The van der Waals surface area contributed by atoms with Crippen LogP contribution in [-0.4, -0.2) is 35.8 Å². The number of benzene rings is 2. The highest BCUT2D eigenvalue weighted by Crippen LogP contribution is 2.41. The molecule has 0 fully saturated rings. The maximum absolute atomic E-state index is 11.4. The van der Waals surface area contributed by atoms with E-state index in [1.165, 1.54) is 11.6 Å². The molecule has 26 heavy (non-hydrogen) atoms. The number of aliphatic hydroxyl groups is 1. The van der Waals surface area contributed by atoms with Crippen LogP contribution in [0.2, 0.25) is 5.02 Å². The number of aryl methyl sites for hydroxylation is 1. The summed E-state index contributed by atoms with van der Waals surface area (Å²) in [6, 6.07) is 10.8. The van der Waals surface area contributed by atoms with Gasteiger partial charge in [0, 0.05) is 17.1 Å². The molecule has 0 aliphatic carbocycles. The molecule has 1 aliphatic heterocycles. The first kappa shape index (κ1) is 18.5. The fourth-order valence-corrected chi connectivity index (χ4v) is 2.98. The lowest BCUT2D eigenvalue weighted by Gasteiger charge is -2.23. The van der Waals surface area contributed by atoms with E-state index < -0.39 is 6.10 Å². The molecule has 138 valence electrons. The zero-order valence-electron chi connectivity index (χ0n) is 14.2. The largest absolute Gasteiger partial charge is 0.506 e. The van der Waals surface area contributed by atoms with E-state index in [2.05, 4.69) is 10.6 Å². The van der Waals surface area contributed by atoms with E-state index in [1.807, 2.05) is 24.3 Å². The summed E-state index contributed by atoms with van der Waals surface area (Å²) in [6.07, 6.45) is 1.04. The average molecular weight is 377 g/mol. The molecule has 0 bridgehead atoms. The van der Waals surface area contributed by atoms with Crippen LogP contribution in [0, 0.1) is 0 Å². The van der Waals surface area contributed by atoms with E-state index in [0.717, 1.165) is 24.4 Å². The zero-order valence-corrected chi connectivity index (χ0v) is 14.9. The number of phenols is 1. The van der Waals surface area contributed by atoms with Crippen LogP contribution in [0.1, 0.15) is 23.7 Å². The first-order valence-corrected chi connectivity index (χ1v) is 8.84. The Morgan fingerprint density at radius 3 is 2.77 bits per heavy atom. The maximum Gasteiger partial charge on any atom is 0.262 e. The lowest BCUT2D eigenvalue weighted by Crippen LogP contribution is -2.28. The Morgan fingerprint density at radius 2 is 2.00 bits per heavy atom. The van der Waals surface area contributed by atoms with Crippen LogP contribution in [0.5, 0.6) is 11.5 Å². The number of halogens is 1. The summed E-state index contributed by atoms with van der Waals surface area (Å²) in [7, 11) is 0. The van der Waals surface area contributed by atoms with E-state index in [4.69, 9.17) is 16.3 Å². The Morgan fingerprint density at radius 1 is 1.23 bits per heavy atom. The SMILES string of the molecule is O=C1COc2c(C(O)CNCCCc3ccc(Cl)cc3)ccc(O)c2N1. The Balaban J connectivity index is 1.51. The first-order chi connectivity index (χ1) is 12.5. The molecule has 6 nitrogen and oxygen atoms in total. The van der Waals surface area contributed by atoms with Gasteiger partial charge in [-0.25, -0.2) is 0 Å². The third-order valence-electron chi connectivity index (χ3n) is 4.21. The Bertz CT molecular complexity index is 780. The van der Waals surface area contributed by atoms with Crippen molar-refractivity contribution >= 4 is 23.2 Å². The number of carbonyl (C=O) groups is 1. The van der Waals surface area contributed by atoms with Crippen LogP contribution < -0.4 is 15.4 Å². The molecule has 2 aromatic rings. The maximum atomic E-state index is 11.4. The van der Waals surface area contributed by atoms with E-state index in [-0.39, 0.29) is 24.0 Å². The van der Waals surface area contributed by atoms with Crippen LogP contribution in [0.3, 0.4) is 0 Å². The standard InChI is InChI=1S/C19H21ClN2O4/c20-13-5-3-12(4-6-13)2-1-9-21-10-16(24)14-7-8-15(23)18-19(14)26-11-17(25)22-18/h3-8,16,21,23-24H,1-2,9-11H2,(H,22,25). The van der Waals surface area contributed by atoms with Crippen molar-refractivity contribution in [1.82, 2.24) is 5.32 Å². The van der Waals surface area contributed by atoms with Crippen LogP contribution >= 0.6 is 11.6 Å². The number of ether oxygens (including phenoxy) is 1. The monoisotopic (exact) mass is 376 g/mol. The van der Waals surface area contributed by atoms with Crippen molar-refractivity contribution in [1.29, 1.82) is 0 Å². The lowest BCUT2D eigenvalue weighted by molar-refractivity contribution is -0.118. The molecule has 1 heterocycles. The molecule has 1 aliphatic rings. The second-order valence-electron chi connectivity index (χ2n) is 6.16. The molecule has 0 aromatic heterocycles. The molecule has 0 spiro atoms. The van der Waals surface area contributed by atoms with Gasteiger partial charge in [0.05, 0.1) is 6.10 Å². The number of nitrogens with one attached hydrogen (secondary N) is 2. The number of anilines is 1. The molecular weight excluding hydrogens is 356 g/mol. The minimum Gasteiger partial charge on any atom is -0.506 e. The predicted octanol–water partition coefficient (Wildman–Crippen LogP) is 2.63. The van der Waals surface area contributed by atoms with Crippen molar-refractivity contribution in [2.75, 3.05) is 25.0 Å². The van der Waals surface area contributed by atoms with Gasteiger partial charge in [0.15, 0.2) is 12.4 Å². The molecule has 4 N–H and O–H groups in total. The van der Waals surface area contributed by atoms with Gasteiger partial charge in [0.2, 0.25) is 0 Å². The van der Waals surface area contributed by atoms with E-state index in [9.17, 15) is 15.0 Å². The number of carbonyl (C=O) groups excluding carboxylic acids is 1. The molecular formula is C19H21ClN2O4. The molecule has 0 saturated heterocycles. The number of phenolic OH excluding ortho intramolecular Hbond substituents is 1. The number of amides is 1. The van der Waals surface area contributed by atoms with Crippen LogP contribution in [0.25, 0.3) is 0 Å². The second-order valence-corrected chi connectivity index (χ2v) is 6.60. The molecule has 1 unspecified atom stereocenters. The number of aromatic hydroxyl groups is 1. The average Bonchev–Trinajstić information content (AvgIpc) is 2.63. The van der Waals surface area contributed by atoms with Crippen LogP contribution in [-0.2, 0) is 11.2 Å². The zero-order chi connectivity index (χ0) is 18.5. The second kappa shape index (κ2) is 8.40. The van der Waals surface area contributed by atoms with Crippen molar-refractivity contribution in [3.63, 3.8) is 0 Å². The molecule has 1 amide bonds. The smallest absolute Gasteiger partial charge is 0.262 e. The predicted molar refractivity (Wildman–Crippen MR) is 99.8 cm³/mol. The highest BCUT2D eigenvalue weighted by Gasteiger charge is 2.25. The van der Waals surface area contributed by atoms with Crippen molar-refractivity contribution in [2.24, 2.45) is 0 Å². The van der Waals surface area contributed by atoms with E-state index in [0.29, 0.717) is 17.9 Å². The Kier molecular flexibility index (Phi) is 5.98. The lowest BCUT2D eigenvalue weighted by atomic mass is 10.0. The molecule has 0 saturated carbocycles. The highest BCUT2D eigenvalue weighted by molar-refractivity contribution is 6.30. The van der Waals surface area contributed by atoms with Gasteiger partial charge >= 0.3 is 0 Å². The molecule has 7 heteroatoms. The molecule has 1 atom stereocenters. The Labute approximate surface area is 156 Å². The van der Waals surface area contributed by atoms with Gasteiger partial charge in [0.1, 0.15) is 11.4 Å². The minimum atomic E-state index is -0.810. The number of aliphatic hydroxyl groups excluding tert-OH is 1. The van der Waals surface area contributed by atoms with Crippen LogP contribution in [0.4, 0.5) is 5.69 Å². The number of fused-ring (bicyclic) bond motifs is 1. The van der Waals surface area contributed by atoms with Gasteiger partial charge in [-0.1, -0.05) is 23.7 Å². The van der Waals surface area contributed by atoms with Crippen LogP contribution in [0.15, 0.2) is 36.4 Å². The first-order valence-electron chi connectivity index (χ1n) is 8.46. The van der Waals surface area contributed by atoms with Gasteiger partial charge in [-0.05, 0) is 49.2 Å². The van der Waals surface area contributed by atoms with Crippen molar-refractivity contribution in [2.45, 2.75) is 18.9 Å². The fourth-order valence-electron chi connectivity index (χ4n) is 2.86. The Hall–Kier alpha value is -2.28. The third kappa shape index (κ3) is 4.46. The number of hydrogen-bond donors (Lipinski definition) is 4. The van der Waals surface area contributed by atoms with Gasteiger partial charge in [-0.2, -0.15) is 0 Å². The van der Waals surface area contributed by atoms with Crippen molar-refractivity contribution in [3.05, 3.63) is 52.5 Å². The molecule has 3 rings (SSSR count). The fraction of sp³-hybridized carbons (Fsp3) is 0.316. The van der Waals surface area contributed by atoms with Gasteiger partial charge in [0.25, 0.3) is 5.91 Å².